The second-order valence-corrected chi connectivity index (χ2v) is 9.73. The van der Waals surface area contributed by atoms with Crippen LogP contribution in [0.15, 0.2) is 4.21 Å². The lowest BCUT2D eigenvalue weighted by Gasteiger charge is -2.18. The predicted molar refractivity (Wildman–Crippen MR) is 76.0 cm³/mol. The lowest BCUT2D eigenvalue weighted by atomic mass is 9.99. The minimum Gasteiger partial charge on any atom is -0.483 e. The van der Waals surface area contributed by atoms with Crippen LogP contribution in [0.2, 0.25) is 0 Å². The van der Waals surface area contributed by atoms with E-state index >= 15 is 0 Å². The number of fused-ring (bicyclic) bond motifs is 1. The van der Waals surface area contributed by atoms with Crippen LogP contribution < -0.4 is 4.74 Å². The van der Waals surface area contributed by atoms with E-state index in [0.29, 0.717) is 0 Å². The molecule has 8 heteroatoms. The summed E-state index contributed by atoms with van der Waals surface area (Å²) >= 11 is 0.811. The Hall–Kier alpha value is -0.730. The van der Waals surface area contributed by atoms with Crippen molar-refractivity contribution in [1.29, 1.82) is 0 Å². The number of aliphatic hydroxyl groups is 1. The van der Waals surface area contributed by atoms with E-state index < -0.39 is 28.3 Å². The molecule has 0 amide bonds. The fraction of sp³-hybridized carbons (Fsp3) is 0.692. The molecule has 1 atom stereocenters. The average Bonchev–Trinajstić information content (AvgIpc) is 2.71. The van der Waals surface area contributed by atoms with Gasteiger partial charge in [0.2, 0.25) is 0 Å². The molecule has 1 heterocycles. The average molecular weight is 340 g/mol. The second kappa shape index (κ2) is 4.89. The zero-order valence-electron chi connectivity index (χ0n) is 12.2. The zero-order chi connectivity index (χ0) is 16.2. The van der Waals surface area contributed by atoms with Crippen LogP contribution in [0.5, 0.6) is 5.06 Å². The van der Waals surface area contributed by atoms with Gasteiger partial charge in [0.15, 0.2) is 14.9 Å². The Labute approximate surface area is 126 Å². The Balaban J connectivity index is 2.49. The summed E-state index contributed by atoms with van der Waals surface area (Å²) in [4.78, 5) is 0. The Bertz CT molecular complexity index is 656. The number of sulfone groups is 1. The highest BCUT2D eigenvalue weighted by Gasteiger charge is 2.51. The highest BCUT2D eigenvalue weighted by molar-refractivity contribution is 7.92. The highest BCUT2D eigenvalue weighted by atomic mass is 32.2. The van der Waals surface area contributed by atoms with Gasteiger partial charge >= 0.3 is 0 Å². The van der Waals surface area contributed by atoms with Crippen molar-refractivity contribution in [3.63, 3.8) is 0 Å². The summed E-state index contributed by atoms with van der Waals surface area (Å²) in [6, 6.07) is 0. The molecule has 1 aromatic heterocycles. The molecule has 4 nitrogen and oxygen atoms in total. The number of ether oxygens (including phenoxy) is 1. The van der Waals surface area contributed by atoms with Crippen LogP contribution >= 0.6 is 11.3 Å². The fourth-order valence-electron chi connectivity index (χ4n) is 2.10. The molecule has 0 bridgehead atoms. The number of halogens is 2. The number of hydrogen-bond acceptors (Lipinski definition) is 5. The van der Waals surface area contributed by atoms with E-state index in [1.165, 1.54) is 0 Å². The van der Waals surface area contributed by atoms with Crippen LogP contribution in [0.4, 0.5) is 8.78 Å². The quantitative estimate of drug-likeness (QED) is 0.919. The minimum atomic E-state index is -3.70. The summed E-state index contributed by atoms with van der Waals surface area (Å²) in [6.45, 7) is 6.02. The van der Waals surface area contributed by atoms with Crippen LogP contribution in [-0.4, -0.2) is 32.3 Å². The van der Waals surface area contributed by atoms with Gasteiger partial charge in [-0.1, -0.05) is 32.1 Å². The first-order valence-electron chi connectivity index (χ1n) is 6.37. The minimum absolute atomic E-state index is 0.113. The predicted octanol–water partition coefficient (Wildman–Crippen LogP) is 2.80. The molecule has 0 aromatic carbocycles. The van der Waals surface area contributed by atoms with Gasteiger partial charge in [-0.05, 0) is 5.41 Å². The van der Waals surface area contributed by atoms with Gasteiger partial charge in [0.1, 0.15) is 10.3 Å². The fourth-order valence-corrected chi connectivity index (χ4v) is 4.50. The van der Waals surface area contributed by atoms with Gasteiger partial charge in [-0.2, -0.15) is 0 Å². The van der Waals surface area contributed by atoms with Crippen LogP contribution in [0.25, 0.3) is 0 Å². The molecule has 2 rings (SSSR count). The molecule has 0 fully saturated rings. The van der Waals surface area contributed by atoms with Gasteiger partial charge in [0.05, 0.1) is 6.61 Å². The molecule has 1 N–H and O–H groups in total. The number of alkyl halides is 2. The van der Waals surface area contributed by atoms with E-state index in [1.807, 2.05) is 20.8 Å². The van der Waals surface area contributed by atoms with Crippen molar-refractivity contribution in [2.24, 2.45) is 5.41 Å². The van der Waals surface area contributed by atoms with E-state index in [2.05, 4.69) is 0 Å². The highest BCUT2D eigenvalue weighted by Crippen LogP contribution is 2.53. The molecule has 0 saturated carbocycles. The Morgan fingerprint density at radius 1 is 1.43 bits per heavy atom. The standard InChI is InChI=1S/C13H18F2O4S2/c1-12(2,3)6-19-10-7-5-13(14,15)9(16)8(7)11(20-10)21(4,17)18/h9,16H,5-6H2,1-4H3. The van der Waals surface area contributed by atoms with Gasteiger partial charge in [0.25, 0.3) is 5.92 Å². The molecule has 0 radical (unpaired) electrons. The number of rotatable bonds is 3. The van der Waals surface area contributed by atoms with Crippen molar-refractivity contribution >= 4 is 21.2 Å². The molecule has 0 spiro atoms. The summed E-state index contributed by atoms with van der Waals surface area (Å²) in [5.41, 5.74) is -0.277. The van der Waals surface area contributed by atoms with Crippen LogP contribution in [0, 0.1) is 5.41 Å². The maximum absolute atomic E-state index is 13.7. The molecule has 1 unspecified atom stereocenters. The third-order valence-corrected chi connectivity index (χ3v) is 6.04. The van der Waals surface area contributed by atoms with E-state index in [0.717, 1.165) is 17.6 Å². The zero-order valence-corrected chi connectivity index (χ0v) is 13.9. The van der Waals surface area contributed by atoms with Crippen molar-refractivity contribution in [2.75, 3.05) is 12.9 Å². The molecule has 1 aliphatic carbocycles. The SMILES string of the molecule is CC(C)(C)COc1sc(S(C)(=O)=O)c2c1CC(F)(F)C2O. The van der Waals surface area contributed by atoms with Crippen LogP contribution in [0.3, 0.4) is 0 Å². The van der Waals surface area contributed by atoms with Crippen molar-refractivity contribution in [3.05, 3.63) is 11.1 Å². The van der Waals surface area contributed by atoms with Crippen LogP contribution in [0.1, 0.15) is 38.0 Å². The lowest BCUT2D eigenvalue weighted by molar-refractivity contribution is -0.0976. The second-order valence-electron chi connectivity index (χ2n) is 6.53. The summed E-state index contributed by atoms with van der Waals surface area (Å²) in [5.74, 6) is -3.36. The van der Waals surface area contributed by atoms with Crippen LogP contribution in [-0.2, 0) is 16.3 Å². The van der Waals surface area contributed by atoms with Gasteiger partial charge in [-0.25, -0.2) is 17.2 Å². The molecule has 1 aromatic rings. The molecule has 1 aliphatic rings. The number of hydrogen-bond donors (Lipinski definition) is 1. The topological polar surface area (TPSA) is 63.6 Å². The van der Waals surface area contributed by atoms with Gasteiger partial charge < -0.3 is 9.84 Å². The van der Waals surface area contributed by atoms with Gasteiger partial charge in [-0.15, -0.1) is 0 Å². The van der Waals surface area contributed by atoms with Gasteiger partial charge in [-0.3, -0.25) is 0 Å². The number of aliphatic hydroxyl groups excluding tert-OH is 1. The number of thiophene rings is 1. The van der Waals surface area contributed by atoms with E-state index in [4.69, 9.17) is 4.74 Å². The first-order chi connectivity index (χ1) is 9.33. The molecule has 120 valence electrons. The maximum Gasteiger partial charge on any atom is 0.281 e. The summed E-state index contributed by atoms with van der Waals surface area (Å²) in [6.07, 6.45) is -1.86. The lowest BCUT2D eigenvalue weighted by Crippen LogP contribution is -2.22. The van der Waals surface area contributed by atoms with E-state index in [9.17, 15) is 22.3 Å². The third-order valence-electron chi connectivity index (χ3n) is 3.04. The molecular weight excluding hydrogens is 322 g/mol. The Morgan fingerprint density at radius 3 is 2.48 bits per heavy atom. The monoisotopic (exact) mass is 340 g/mol. The summed E-state index contributed by atoms with van der Waals surface area (Å²) in [7, 11) is -3.70. The molecule has 21 heavy (non-hydrogen) atoms. The first-order valence-corrected chi connectivity index (χ1v) is 9.08. The maximum atomic E-state index is 13.7. The molecular formula is C13H18F2O4S2. The third kappa shape index (κ3) is 3.22. The largest absolute Gasteiger partial charge is 0.483 e. The first kappa shape index (κ1) is 16.6. The molecule has 0 saturated heterocycles. The van der Waals surface area contributed by atoms with Crippen molar-refractivity contribution < 1.29 is 27.0 Å². The summed E-state index contributed by atoms with van der Waals surface area (Å²) < 4.78 is 56.2. The van der Waals surface area contributed by atoms with E-state index in [1.54, 1.807) is 0 Å². The molecule has 0 aliphatic heterocycles. The van der Waals surface area contributed by atoms with Crippen molar-refractivity contribution in [1.82, 2.24) is 0 Å². The van der Waals surface area contributed by atoms with E-state index in [-0.39, 0.29) is 32.4 Å². The Kier molecular flexibility index (Phi) is 3.87. The van der Waals surface area contributed by atoms with Gasteiger partial charge in [0, 0.05) is 23.8 Å². The normalized spacial score (nSPS) is 21.4. The summed E-state index contributed by atoms with van der Waals surface area (Å²) in [5, 5.41) is 9.89. The smallest absolute Gasteiger partial charge is 0.281 e. The van der Waals surface area contributed by atoms with Crippen molar-refractivity contribution in [3.8, 4) is 5.06 Å². The Morgan fingerprint density at radius 2 is 2.00 bits per heavy atom. The van der Waals surface area contributed by atoms with Crippen molar-refractivity contribution in [2.45, 2.75) is 43.4 Å².